The fraction of sp³-hybridized carbons (Fsp3) is 0.684. The number of ether oxygens (including phenoxy) is 2. The summed E-state index contributed by atoms with van der Waals surface area (Å²) >= 11 is 0. The van der Waals surface area contributed by atoms with Crippen LogP contribution in [0.2, 0.25) is 0 Å². The molecule has 1 saturated heterocycles. The molecular formula is C19H29NO3. The number of fused-ring (bicyclic) bond motifs is 3. The van der Waals surface area contributed by atoms with Gasteiger partial charge in [-0.3, -0.25) is 4.90 Å². The molecule has 23 heavy (non-hydrogen) atoms. The number of methoxy groups -OCH3 is 2. The number of nitrogens with zero attached hydrogens (tertiary/aromatic N) is 1. The number of benzene rings is 1. The van der Waals surface area contributed by atoms with E-state index in [0.29, 0.717) is 5.56 Å². The monoisotopic (exact) mass is 331 g/mol. The van der Waals surface area contributed by atoms with E-state index in [1.54, 1.807) is 13.8 Å². The van der Waals surface area contributed by atoms with Crippen LogP contribution in [-0.2, 0) is 6.42 Å². The van der Waals surface area contributed by atoms with Crippen molar-refractivity contribution in [3.8, 4) is 11.5 Å². The van der Waals surface area contributed by atoms with Crippen LogP contribution in [-0.4, -0.2) is 43.2 Å². The molecule has 4 nitrogen and oxygen atoms in total. The molecule has 0 bridgehead atoms. The Kier molecular flexibility index (Phi) is 2.13. The molecule has 1 aromatic carbocycles. The van der Waals surface area contributed by atoms with E-state index < -0.39 is 56.5 Å². The Morgan fingerprint density at radius 3 is 2.83 bits per heavy atom. The van der Waals surface area contributed by atoms with Crippen molar-refractivity contribution in [1.82, 2.24) is 4.90 Å². The summed E-state index contributed by atoms with van der Waals surface area (Å²) in [6.45, 7) is 0.604. The summed E-state index contributed by atoms with van der Waals surface area (Å²) in [5.74, 6) is -3.84. The molecular weight excluding hydrogens is 290 g/mol. The summed E-state index contributed by atoms with van der Waals surface area (Å²) in [5.41, 5.74) is 0.333. The van der Waals surface area contributed by atoms with Crippen molar-refractivity contribution in [2.75, 3.05) is 27.1 Å². The van der Waals surface area contributed by atoms with Gasteiger partial charge < -0.3 is 14.6 Å². The predicted molar refractivity (Wildman–Crippen MR) is 91.1 cm³/mol. The summed E-state index contributed by atoms with van der Waals surface area (Å²) in [6.07, 6.45) is -6.31. The van der Waals surface area contributed by atoms with E-state index >= 15 is 0 Å². The molecule has 0 saturated carbocycles. The molecule has 3 unspecified atom stereocenters. The zero-order valence-electron chi connectivity index (χ0n) is 25.1. The Morgan fingerprint density at radius 1 is 1.39 bits per heavy atom. The van der Waals surface area contributed by atoms with Gasteiger partial charge in [-0.05, 0) is 54.3 Å². The van der Waals surface area contributed by atoms with Gasteiger partial charge in [-0.25, -0.2) is 0 Å². The van der Waals surface area contributed by atoms with E-state index in [2.05, 4.69) is 0 Å². The van der Waals surface area contributed by atoms with Crippen LogP contribution in [0.15, 0.2) is 12.1 Å². The van der Waals surface area contributed by atoms with Gasteiger partial charge >= 0.3 is 0 Å². The number of piperidine rings is 1. The summed E-state index contributed by atoms with van der Waals surface area (Å²) in [5, 5.41) is 11.2. The highest BCUT2D eigenvalue weighted by atomic mass is 16.5. The second kappa shape index (κ2) is 6.70. The molecule has 0 radical (unpaired) electrons. The smallest absolute Gasteiger partial charge is 0.161 e. The minimum atomic E-state index is -3.21. The average Bonchev–Trinajstić information content (AvgIpc) is 2.63. The Labute approximate surface area is 156 Å². The SMILES string of the molecule is [2H]C([2H])([2H])Oc1cc2c(cc1OC([2H])([2H])[2H])C1N(CC2)C([2H])([2H])C([2H])(CC(C)C)C([2H])(O)C1([2H])[2H]. The maximum Gasteiger partial charge on any atom is 0.161 e. The molecule has 128 valence electrons. The first kappa shape index (κ1) is 7.32. The molecule has 0 spiro atoms. The summed E-state index contributed by atoms with van der Waals surface area (Å²) < 4.78 is 107. The minimum Gasteiger partial charge on any atom is -0.493 e. The van der Waals surface area contributed by atoms with Crippen LogP contribution in [0.25, 0.3) is 0 Å². The molecule has 2 aliphatic heterocycles. The molecule has 3 rings (SSSR count). The van der Waals surface area contributed by atoms with Gasteiger partial charge in [-0.1, -0.05) is 13.8 Å². The van der Waals surface area contributed by atoms with Crippen LogP contribution in [0.3, 0.4) is 0 Å². The molecule has 1 aromatic rings. The van der Waals surface area contributed by atoms with E-state index in [1.807, 2.05) is 0 Å². The fourth-order valence-corrected chi connectivity index (χ4v) is 3.06. The van der Waals surface area contributed by atoms with Gasteiger partial charge in [0.15, 0.2) is 11.5 Å². The highest BCUT2D eigenvalue weighted by molar-refractivity contribution is 5.49. The first-order chi connectivity index (χ1) is 15.6. The highest BCUT2D eigenvalue weighted by Gasteiger charge is 2.38. The van der Waals surface area contributed by atoms with Crippen LogP contribution >= 0.6 is 0 Å². The minimum absolute atomic E-state index is 0.0135. The first-order valence-corrected chi connectivity index (χ1v) is 7.59. The van der Waals surface area contributed by atoms with Gasteiger partial charge in [0.2, 0.25) is 0 Å². The van der Waals surface area contributed by atoms with Crippen LogP contribution in [0, 0.1) is 11.8 Å². The molecule has 0 aliphatic carbocycles. The van der Waals surface area contributed by atoms with Crippen molar-refractivity contribution in [2.45, 2.75) is 45.2 Å². The predicted octanol–water partition coefficient (Wildman–Crippen LogP) is 3.03. The highest BCUT2D eigenvalue weighted by Crippen LogP contribution is 2.43. The zero-order chi connectivity index (χ0) is 27.0. The second-order valence-corrected chi connectivity index (χ2v) is 6.23. The molecule has 4 heteroatoms. The third-order valence-electron chi connectivity index (χ3n) is 4.10. The largest absolute Gasteiger partial charge is 0.493 e. The lowest BCUT2D eigenvalue weighted by atomic mass is 9.79. The maximum absolute atomic E-state index is 11.2. The molecule has 2 heterocycles. The number of aliphatic hydroxyl groups is 1. The van der Waals surface area contributed by atoms with Gasteiger partial charge in [0.25, 0.3) is 0 Å². The molecule has 0 amide bonds. The third kappa shape index (κ3) is 3.20. The lowest BCUT2D eigenvalue weighted by Gasteiger charge is -2.46. The summed E-state index contributed by atoms with van der Waals surface area (Å²) in [7, 11) is -5.96. The number of rotatable bonds is 4. The van der Waals surface area contributed by atoms with Gasteiger partial charge in [-0.15, -0.1) is 0 Å². The van der Waals surface area contributed by atoms with Gasteiger partial charge in [0.05, 0.1) is 29.8 Å². The summed E-state index contributed by atoms with van der Waals surface area (Å²) in [6, 6.07) is 0.657. The molecule has 0 aromatic heterocycles. The van der Waals surface area contributed by atoms with Gasteiger partial charge in [0.1, 0.15) is 0 Å². The van der Waals surface area contributed by atoms with Gasteiger partial charge in [0, 0.05) is 25.9 Å². The van der Waals surface area contributed by atoms with E-state index in [0.717, 1.165) is 11.0 Å². The average molecular weight is 332 g/mol. The number of hydrogen-bond acceptors (Lipinski definition) is 4. The zero-order valence-corrected chi connectivity index (χ0v) is 13.1. The number of hydrogen-bond donors (Lipinski definition) is 1. The van der Waals surface area contributed by atoms with Crippen molar-refractivity contribution in [3.05, 3.63) is 23.3 Å². The topological polar surface area (TPSA) is 41.9 Å². The molecule has 3 atom stereocenters. The Morgan fingerprint density at radius 2 is 2.13 bits per heavy atom. The van der Waals surface area contributed by atoms with E-state index in [4.69, 9.17) is 25.9 Å². The van der Waals surface area contributed by atoms with Gasteiger partial charge in [-0.2, -0.15) is 0 Å². The Balaban J connectivity index is 2.25. The van der Waals surface area contributed by atoms with E-state index in [-0.39, 0.29) is 30.9 Å². The van der Waals surface area contributed by atoms with Crippen molar-refractivity contribution < 1.29 is 31.0 Å². The standard InChI is InChI=1S/C19H29NO3/c1-12(2)7-14-11-20-6-5-13-8-18(22-3)19(23-4)9-15(13)16(20)10-17(14)21/h8-9,12,14,16-17,21H,5-7,10-11H2,1-4H3/i3D3,4D3,10D2,11D2,14D,17D. The maximum atomic E-state index is 11.2. The van der Waals surface area contributed by atoms with Crippen LogP contribution in [0.5, 0.6) is 11.5 Å². The second-order valence-electron chi connectivity index (χ2n) is 6.23. The fourth-order valence-electron chi connectivity index (χ4n) is 3.06. The Hall–Kier alpha value is -1.26. The molecule has 2 aliphatic rings. The van der Waals surface area contributed by atoms with Crippen molar-refractivity contribution >= 4 is 0 Å². The summed E-state index contributed by atoms with van der Waals surface area (Å²) in [4.78, 5) is 1.08. The Bertz CT molecular complexity index is 975. The molecule has 1 N–H and O–H groups in total. The van der Waals surface area contributed by atoms with Crippen molar-refractivity contribution in [3.63, 3.8) is 0 Å². The van der Waals surface area contributed by atoms with Crippen LogP contribution < -0.4 is 9.47 Å². The lowest BCUT2D eigenvalue weighted by Crippen LogP contribution is -2.48. The van der Waals surface area contributed by atoms with Crippen molar-refractivity contribution in [1.29, 1.82) is 0 Å². The third-order valence-corrected chi connectivity index (χ3v) is 4.10. The lowest BCUT2D eigenvalue weighted by molar-refractivity contribution is -0.0191. The van der Waals surface area contributed by atoms with E-state index in [1.165, 1.54) is 6.07 Å². The van der Waals surface area contributed by atoms with Crippen molar-refractivity contribution in [2.24, 2.45) is 11.8 Å². The first-order valence-electron chi connectivity index (χ1n) is 13.6. The molecule has 1 fully saturated rings. The van der Waals surface area contributed by atoms with Crippen LogP contribution in [0.4, 0.5) is 0 Å². The normalized spacial score (nSPS) is 47.0. The van der Waals surface area contributed by atoms with Crippen LogP contribution in [0.1, 0.15) is 60.3 Å². The quantitative estimate of drug-likeness (QED) is 0.921. The van der Waals surface area contributed by atoms with E-state index in [9.17, 15) is 5.11 Å².